The molecule has 0 atom stereocenters. The molecule has 0 aliphatic carbocycles. The van der Waals surface area contributed by atoms with Crippen molar-refractivity contribution in [2.24, 2.45) is 5.92 Å². The van der Waals surface area contributed by atoms with E-state index in [0.717, 1.165) is 31.1 Å². The molecule has 0 aromatic carbocycles. The minimum absolute atomic E-state index is 0.0443. The first-order valence-corrected chi connectivity index (χ1v) is 7.62. The Balaban J connectivity index is 1.49. The zero-order valence-corrected chi connectivity index (χ0v) is 13.3. The van der Waals surface area contributed by atoms with Crippen LogP contribution in [0.5, 0.6) is 0 Å². The van der Waals surface area contributed by atoms with E-state index < -0.39 is 0 Å². The summed E-state index contributed by atoms with van der Waals surface area (Å²) >= 11 is 0. The van der Waals surface area contributed by atoms with Crippen molar-refractivity contribution in [2.45, 2.75) is 26.2 Å². The molecule has 2 aromatic heterocycles. The molecule has 0 unspecified atom stereocenters. The van der Waals surface area contributed by atoms with Gasteiger partial charge < -0.3 is 10.2 Å². The highest BCUT2D eigenvalue weighted by molar-refractivity contribution is 5.41. The van der Waals surface area contributed by atoms with Gasteiger partial charge in [0.05, 0.1) is 5.69 Å². The van der Waals surface area contributed by atoms with Crippen molar-refractivity contribution >= 4 is 11.8 Å². The molecule has 1 saturated heterocycles. The van der Waals surface area contributed by atoms with Crippen molar-refractivity contribution in [3.05, 3.63) is 36.3 Å². The summed E-state index contributed by atoms with van der Waals surface area (Å²) in [5.41, 5.74) is 1.07. The maximum atomic E-state index is 4.35. The average Bonchev–Trinajstić information content (AvgIpc) is 2.46. The lowest BCUT2D eigenvalue weighted by molar-refractivity contribution is 0.423. The number of hydrogen-bond donors (Lipinski definition) is 1. The summed E-state index contributed by atoms with van der Waals surface area (Å²) in [7, 11) is 0. The monoisotopic (exact) mass is 298 g/mol. The van der Waals surface area contributed by atoms with Crippen LogP contribution in [0.4, 0.5) is 11.8 Å². The summed E-state index contributed by atoms with van der Waals surface area (Å²) in [6, 6.07) is 5.96. The quantitative estimate of drug-likeness (QED) is 0.932. The van der Waals surface area contributed by atoms with E-state index in [-0.39, 0.29) is 5.41 Å². The lowest BCUT2D eigenvalue weighted by atomic mass is 9.92. The Kier molecular flexibility index (Phi) is 3.92. The molecule has 0 amide bonds. The van der Waals surface area contributed by atoms with Crippen molar-refractivity contribution in [3.63, 3.8) is 0 Å². The molecule has 1 aliphatic rings. The maximum absolute atomic E-state index is 4.35. The van der Waals surface area contributed by atoms with Gasteiger partial charge in [-0.3, -0.25) is 0 Å². The second kappa shape index (κ2) is 5.87. The standard InChI is InChI=1S/C16H22N6/c1-16(2,3)13-5-6-14(21-20-13)22-10-12(11-22)9-19-15-17-7-4-8-18-15/h4-8,12H,9-11H2,1-3H3,(H,17,18,19). The highest BCUT2D eigenvalue weighted by Gasteiger charge is 2.28. The first kappa shape index (κ1) is 14.7. The first-order chi connectivity index (χ1) is 10.5. The van der Waals surface area contributed by atoms with Gasteiger partial charge in [-0.05, 0) is 18.2 Å². The molecule has 3 heterocycles. The van der Waals surface area contributed by atoms with Crippen LogP contribution in [0, 0.1) is 5.92 Å². The van der Waals surface area contributed by atoms with E-state index in [2.05, 4.69) is 63.3 Å². The molecule has 0 spiro atoms. The molecular formula is C16H22N6. The fourth-order valence-electron chi connectivity index (χ4n) is 2.41. The summed E-state index contributed by atoms with van der Waals surface area (Å²) in [4.78, 5) is 10.6. The normalized spacial score (nSPS) is 15.5. The molecule has 116 valence electrons. The summed E-state index contributed by atoms with van der Waals surface area (Å²) in [5.74, 6) is 2.24. The summed E-state index contributed by atoms with van der Waals surface area (Å²) in [6.07, 6.45) is 3.49. The van der Waals surface area contributed by atoms with E-state index in [1.54, 1.807) is 12.4 Å². The number of aromatic nitrogens is 4. The SMILES string of the molecule is CC(C)(C)c1ccc(N2CC(CNc3ncccn3)C2)nn1. The second-order valence-corrected chi connectivity index (χ2v) is 6.75. The van der Waals surface area contributed by atoms with Gasteiger partial charge in [0.15, 0.2) is 5.82 Å². The summed E-state index contributed by atoms with van der Waals surface area (Å²) in [5, 5.41) is 12.0. The first-order valence-electron chi connectivity index (χ1n) is 7.62. The molecular weight excluding hydrogens is 276 g/mol. The molecule has 22 heavy (non-hydrogen) atoms. The van der Waals surface area contributed by atoms with E-state index >= 15 is 0 Å². The van der Waals surface area contributed by atoms with Crippen LogP contribution in [0.25, 0.3) is 0 Å². The van der Waals surface area contributed by atoms with E-state index in [9.17, 15) is 0 Å². The molecule has 0 radical (unpaired) electrons. The van der Waals surface area contributed by atoms with Gasteiger partial charge in [0, 0.05) is 43.4 Å². The third-order valence-electron chi connectivity index (χ3n) is 3.81. The molecule has 1 N–H and O–H groups in total. The van der Waals surface area contributed by atoms with Crippen molar-refractivity contribution < 1.29 is 0 Å². The smallest absolute Gasteiger partial charge is 0.222 e. The Morgan fingerprint density at radius 3 is 2.45 bits per heavy atom. The van der Waals surface area contributed by atoms with E-state index in [1.807, 2.05) is 6.07 Å². The van der Waals surface area contributed by atoms with Crippen LogP contribution in [0.15, 0.2) is 30.6 Å². The van der Waals surface area contributed by atoms with Crippen molar-refractivity contribution in [1.29, 1.82) is 0 Å². The number of hydrogen-bond acceptors (Lipinski definition) is 6. The third kappa shape index (κ3) is 3.32. The lowest BCUT2D eigenvalue weighted by Gasteiger charge is -2.40. The van der Waals surface area contributed by atoms with E-state index in [4.69, 9.17) is 0 Å². The van der Waals surface area contributed by atoms with Crippen molar-refractivity contribution in [1.82, 2.24) is 20.2 Å². The van der Waals surface area contributed by atoms with Gasteiger partial charge in [0.1, 0.15) is 0 Å². The highest BCUT2D eigenvalue weighted by Crippen LogP contribution is 2.25. The minimum atomic E-state index is 0.0443. The van der Waals surface area contributed by atoms with Crippen molar-refractivity contribution in [3.8, 4) is 0 Å². The molecule has 2 aromatic rings. The zero-order chi connectivity index (χ0) is 15.6. The summed E-state index contributed by atoms with van der Waals surface area (Å²) < 4.78 is 0. The molecule has 1 aliphatic heterocycles. The average molecular weight is 298 g/mol. The van der Waals surface area contributed by atoms with Gasteiger partial charge in [0.2, 0.25) is 5.95 Å². The number of nitrogens with zero attached hydrogens (tertiary/aromatic N) is 5. The van der Waals surface area contributed by atoms with Crippen molar-refractivity contribution in [2.75, 3.05) is 29.9 Å². The van der Waals surface area contributed by atoms with Crippen LogP contribution < -0.4 is 10.2 Å². The van der Waals surface area contributed by atoms with Crippen LogP contribution in [-0.4, -0.2) is 39.8 Å². The fourth-order valence-corrected chi connectivity index (χ4v) is 2.41. The third-order valence-corrected chi connectivity index (χ3v) is 3.81. The van der Waals surface area contributed by atoms with Gasteiger partial charge >= 0.3 is 0 Å². The van der Waals surface area contributed by atoms with Crippen LogP contribution in [0.2, 0.25) is 0 Å². The van der Waals surface area contributed by atoms with Crippen LogP contribution in [0.1, 0.15) is 26.5 Å². The number of anilines is 2. The Morgan fingerprint density at radius 2 is 1.86 bits per heavy atom. The Labute approximate surface area is 131 Å². The molecule has 1 fully saturated rings. The van der Waals surface area contributed by atoms with E-state index in [0.29, 0.717) is 11.9 Å². The predicted octanol–water partition coefficient (Wildman–Crippen LogP) is 2.11. The molecule has 3 rings (SSSR count). The van der Waals surface area contributed by atoms with Gasteiger partial charge in [-0.15, -0.1) is 5.10 Å². The molecule has 6 heteroatoms. The molecule has 0 saturated carbocycles. The zero-order valence-electron chi connectivity index (χ0n) is 13.3. The van der Waals surface area contributed by atoms with Crippen LogP contribution >= 0.6 is 0 Å². The summed E-state index contributed by atoms with van der Waals surface area (Å²) in [6.45, 7) is 9.30. The van der Waals surface area contributed by atoms with Gasteiger partial charge in [-0.1, -0.05) is 20.8 Å². The van der Waals surface area contributed by atoms with Crippen LogP contribution in [0.3, 0.4) is 0 Å². The predicted molar refractivity (Wildman–Crippen MR) is 87.0 cm³/mol. The number of rotatable bonds is 4. The van der Waals surface area contributed by atoms with E-state index in [1.165, 1.54) is 0 Å². The highest BCUT2D eigenvalue weighted by atomic mass is 15.3. The molecule has 0 bridgehead atoms. The maximum Gasteiger partial charge on any atom is 0.222 e. The van der Waals surface area contributed by atoms with Gasteiger partial charge in [-0.25, -0.2) is 9.97 Å². The Morgan fingerprint density at radius 1 is 1.14 bits per heavy atom. The Hall–Kier alpha value is -2.24. The largest absolute Gasteiger partial charge is 0.354 e. The minimum Gasteiger partial charge on any atom is -0.354 e. The number of nitrogens with one attached hydrogen (secondary N) is 1. The van der Waals surface area contributed by atoms with Gasteiger partial charge in [-0.2, -0.15) is 5.10 Å². The molecule has 6 nitrogen and oxygen atoms in total. The Bertz CT molecular complexity index is 599. The van der Waals surface area contributed by atoms with Gasteiger partial charge in [0.25, 0.3) is 0 Å². The lowest BCUT2D eigenvalue weighted by Crippen LogP contribution is -2.50. The second-order valence-electron chi connectivity index (χ2n) is 6.75. The topological polar surface area (TPSA) is 66.8 Å². The fraction of sp³-hybridized carbons (Fsp3) is 0.500. The van der Waals surface area contributed by atoms with Crippen LogP contribution in [-0.2, 0) is 5.41 Å².